The van der Waals surface area contributed by atoms with Gasteiger partial charge in [0.05, 0.1) is 4.47 Å². The van der Waals surface area contributed by atoms with E-state index in [1.165, 1.54) is 6.07 Å². The van der Waals surface area contributed by atoms with E-state index in [4.69, 9.17) is 4.74 Å². The second kappa shape index (κ2) is 7.11. The number of aryl methyl sites for hydroxylation is 1. The number of alkyl carbamates (subject to hydrolysis) is 1. The highest BCUT2D eigenvalue weighted by atomic mass is 79.9. The van der Waals surface area contributed by atoms with Crippen LogP contribution in [0, 0.1) is 12.7 Å². The summed E-state index contributed by atoms with van der Waals surface area (Å²) in [6.07, 6.45) is -0.451. The van der Waals surface area contributed by atoms with Gasteiger partial charge in [-0.15, -0.1) is 0 Å². The van der Waals surface area contributed by atoms with Gasteiger partial charge in [-0.1, -0.05) is 0 Å². The Bertz CT molecular complexity index is 515. The highest BCUT2D eigenvalue weighted by Crippen LogP contribution is 2.24. The molecule has 4 nitrogen and oxygen atoms in total. The van der Waals surface area contributed by atoms with Crippen molar-refractivity contribution in [3.63, 3.8) is 0 Å². The van der Waals surface area contributed by atoms with Gasteiger partial charge in [-0.25, -0.2) is 9.18 Å². The van der Waals surface area contributed by atoms with E-state index in [1.54, 1.807) is 6.07 Å². The van der Waals surface area contributed by atoms with Crippen molar-refractivity contribution in [3.05, 3.63) is 28.0 Å². The Morgan fingerprint density at radius 1 is 1.43 bits per heavy atom. The third-order valence-corrected chi connectivity index (χ3v) is 3.23. The van der Waals surface area contributed by atoms with Crippen molar-refractivity contribution in [2.75, 3.05) is 11.9 Å². The number of anilines is 1. The van der Waals surface area contributed by atoms with Crippen LogP contribution in [0.2, 0.25) is 0 Å². The number of halogens is 2. The molecule has 1 aromatic rings. The van der Waals surface area contributed by atoms with E-state index in [9.17, 15) is 9.18 Å². The quantitative estimate of drug-likeness (QED) is 0.844. The van der Waals surface area contributed by atoms with Crippen molar-refractivity contribution in [1.82, 2.24) is 5.32 Å². The van der Waals surface area contributed by atoms with Crippen molar-refractivity contribution in [3.8, 4) is 0 Å². The van der Waals surface area contributed by atoms with Gasteiger partial charge in [-0.05, 0) is 68.2 Å². The lowest BCUT2D eigenvalue weighted by Gasteiger charge is -2.22. The molecular weight excluding hydrogens is 339 g/mol. The van der Waals surface area contributed by atoms with Crippen molar-refractivity contribution in [2.45, 2.75) is 46.3 Å². The predicted molar refractivity (Wildman–Crippen MR) is 86.2 cm³/mol. The maximum atomic E-state index is 13.4. The van der Waals surface area contributed by atoms with E-state index in [2.05, 4.69) is 26.6 Å². The fourth-order valence-electron chi connectivity index (χ4n) is 1.67. The summed E-state index contributed by atoms with van der Waals surface area (Å²) in [5.74, 6) is -0.294. The zero-order valence-electron chi connectivity index (χ0n) is 13.0. The molecule has 0 aliphatic heterocycles. The summed E-state index contributed by atoms with van der Waals surface area (Å²) in [7, 11) is 0. The molecule has 0 saturated carbocycles. The van der Waals surface area contributed by atoms with E-state index in [1.807, 2.05) is 34.6 Å². The normalized spacial score (nSPS) is 12.7. The van der Waals surface area contributed by atoms with Gasteiger partial charge >= 0.3 is 6.09 Å². The van der Waals surface area contributed by atoms with Crippen molar-refractivity contribution in [1.29, 1.82) is 0 Å². The second-order valence-electron chi connectivity index (χ2n) is 6.01. The summed E-state index contributed by atoms with van der Waals surface area (Å²) in [6, 6.07) is 3.13. The van der Waals surface area contributed by atoms with Gasteiger partial charge in [0, 0.05) is 18.3 Å². The largest absolute Gasteiger partial charge is 0.444 e. The monoisotopic (exact) mass is 360 g/mol. The molecule has 1 atom stereocenters. The number of nitrogens with one attached hydrogen (secondary N) is 2. The SMILES string of the molecule is Cc1cc(F)c(Br)cc1NC(C)CNC(=O)OC(C)(C)C. The number of carbonyl (C=O) groups is 1. The zero-order valence-corrected chi connectivity index (χ0v) is 14.6. The molecule has 0 saturated heterocycles. The van der Waals surface area contributed by atoms with Crippen molar-refractivity contribution >= 4 is 27.7 Å². The number of hydrogen-bond donors (Lipinski definition) is 2. The lowest BCUT2D eigenvalue weighted by molar-refractivity contribution is 0.0526. The van der Waals surface area contributed by atoms with Gasteiger partial charge in [-0.2, -0.15) is 0 Å². The van der Waals surface area contributed by atoms with Crippen LogP contribution in [0.25, 0.3) is 0 Å². The number of amides is 1. The lowest BCUT2D eigenvalue weighted by Crippen LogP contribution is -2.38. The first kappa shape index (κ1) is 17.8. The molecule has 118 valence electrons. The van der Waals surface area contributed by atoms with Crippen LogP contribution in [0.3, 0.4) is 0 Å². The Kier molecular flexibility index (Phi) is 6.01. The Balaban J connectivity index is 2.53. The minimum atomic E-state index is -0.515. The lowest BCUT2D eigenvalue weighted by atomic mass is 10.2. The first-order valence-corrected chi connectivity index (χ1v) is 7.57. The van der Waals surface area contributed by atoms with Crippen molar-refractivity contribution < 1.29 is 13.9 Å². The maximum absolute atomic E-state index is 13.4. The Hall–Kier alpha value is -1.30. The minimum absolute atomic E-state index is 0.0198. The average Bonchev–Trinajstić information content (AvgIpc) is 2.31. The maximum Gasteiger partial charge on any atom is 0.407 e. The van der Waals surface area contributed by atoms with E-state index in [0.29, 0.717) is 11.0 Å². The second-order valence-corrected chi connectivity index (χ2v) is 6.86. The molecule has 0 spiro atoms. The third-order valence-electron chi connectivity index (χ3n) is 2.62. The highest BCUT2D eigenvalue weighted by molar-refractivity contribution is 9.10. The number of hydrogen-bond acceptors (Lipinski definition) is 3. The zero-order chi connectivity index (χ0) is 16.2. The Morgan fingerprint density at radius 2 is 2.05 bits per heavy atom. The van der Waals surface area contributed by atoms with Crippen LogP contribution >= 0.6 is 15.9 Å². The standard InChI is InChI=1S/C15H22BrFN2O2/c1-9-6-12(17)11(16)7-13(9)19-10(2)8-18-14(20)21-15(3,4)5/h6-7,10,19H,8H2,1-5H3,(H,18,20). The molecule has 0 aromatic heterocycles. The van der Waals surface area contributed by atoms with E-state index >= 15 is 0 Å². The fourth-order valence-corrected chi connectivity index (χ4v) is 2.01. The molecule has 0 aliphatic carbocycles. The van der Waals surface area contributed by atoms with Crippen LogP contribution in [0.5, 0.6) is 0 Å². The van der Waals surface area contributed by atoms with E-state index in [0.717, 1.165) is 11.3 Å². The first-order chi connectivity index (χ1) is 9.58. The summed E-state index contributed by atoms with van der Waals surface area (Å²) >= 11 is 3.16. The van der Waals surface area contributed by atoms with Crippen molar-refractivity contribution in [2.24, 2.45) is 0 Å². The molecule has 1 unspecified atom stereocenters. The molecule has 0 radical (unpaired) electrons. The van der Waals surface area contributed by atoms with Gasteiger partial charge < -0.3 is 15.4 Å². The summed E-state index contributed by atoms with van der Waals surface area (Å²) in [5.41, 5.74) is 1.11. The summed E-state index contributed by atoms with van der Waals surface area (Å²) < 4.78 is 18.9. The third kappa shape index (κ3) is 6.33. The molecule has 2 N–H and O–H groups in total. The van der Waals surface area contributed by atoms with Crippen LogP contribution in [0.15, 0.2) is 16.6 Å². The molecule has 1 amide bonds. The molecule has 0 aliphatic rings. The first-order valence-electron chi connectivity index (χ1n) is 6.77. The Morgan fingerprint density at radius 3 is 2.62 bits per heavy atom. The number of benzene rings is 1. The van der Waals surface area contributed by atoms with Crippen LogP contribution in [0.1, 0.15) is 33.3 Å². The van der Waals surface area contributed by atoms with E-state index < -0.39 is 11.7 Å². The number of ether oxygens (including phenoxy) is 1. The fraction of sp³-hybridized carbons (Fsp3) is 0.533. The summed E-state index contributed by atoms with van der Waals surface area (Å²) in [5, 5.41) is 5.92. The van der Waals surface area contributed by atoms with Crippen LogP contribution < -0.4 is 10.6 Å². The van der Waals surface area contributed by atoms with Gasteiger partial charge in [0.15, 0.2) is 0 Å². The van der Waals surface area contributed by atoms with Gasteiger partial charge in [0.1, 0.15) is 11.4 Å². The average molecular weight is 361 g/mol. The molecule has 0 heterocycles. The number of rotatable bonds is 4. The van der Waals surface area contributed by atoms with E-state index in [-0.39, 0.29) is 11.9 Å². The Labute approximate surface area is 133 Å². The smallest absolute Gasteiger partial charge is 0.407 e. The molecule has 21 heavy (non-hydrogen) atoms. The number of carbonyl (C=O) groups excluding carboxylic acids is 1. The van der Waals surface area contributed by atoms with Gasteiger partial charge in [0.2, 0.25) is 0 Å². The molecule has 6 heteroatoms. The van der Waals surface area contributed by atoms with Crippen LogP contribution in [-0.4, -0.2) is 24.3 Å². The van der Waals surface area contributed by atoms with Crippen LogP contribution in [0.4, 0.5) is 14.9 Å². The van der Waals surface area contributed by atoms with Gasteiger partial charge in [-0.3, -0.25) is 0 Å². The highest BCUT2D eigenvalue weighted by Gasteiger charge is 2.16. The molecule has 0 bridgehead atoms. The molecular formula is C15H22BrFN2O2. The summed E-state index contributed by atoms with van der Waals surface area (Å²) in [6.45, 7) is 9.60. The summed E-state index contributed by atoms with van der Waals surface area (Å²) in [4.78, 5) is 11.6. The molecule has 1 rings (SSSR count). The predicted octanol–water partition coefficient (Wildman–Crippen LogP) is 4.22. The topological polar surface area (TPSA) is 50.4 Å². The molecule has 1 aromatic carbocycles. The van der Waals surface area contributed by atoms with Gasteiger partial charge in [0.25, 0.3) is 0 Å². The van der Waals surface area contributed by atoms with Crippen LogP contribution in [-0.2, 0) is 4.74 Å². The minimum Gasteiger partial charge on any atom is -0.444 e. The molecule has 0 fully saturated rings.